The van der Waals surface area contributed by atoms with Crippen LogP contribution >= 0.6 is 0 Å². The molecule has 0 saturated heterocycles. The maximum Gasteiger partial charge on any atom is 0.0718 e. The zero-order valence-electron chi connectivity index (χ0n) is 14.0. The number of rotatable bonds is 1. The maximum atomic E-state index is 11.3. The second kappa shape index (κ2) is 5.09. The molecule has 0 aromatic heterocycles. The van der Waals surface area contributed by atoms with Gasteiger partial charge in [-0.3, -0.25) is 0 Å². The molecule has 0 aromatic carbocycles. The highest BCUT2D eigenvalue weighted by atomic mass is 16.3. The summed E-state index contributed by atoms with van der Waals surface area (Å²) in [5.41, 5.74) is 1.49. The first-order valence-electron chi connectivity index (χ1n) is 8.83. The molecule has 21 heavy (non-hydrogen) atoms. The van der Waals surface area contributed by atoms with Gasteiger partial charge in [0.2, 0.25) is 0 Å². The number of aliphatic hydroxyl groups is 2. The molecule has 3 rings (SSSR count). The summed E-state index contributed by atoms with van der Waals surface area (Å²) in [5.74, 6) is 1.20. The minimum atomic E-state index is -0.516. The van der Waals surface area contributed by atoms with E-state index in [0.717, 1.165) is 31.6 Å². The van der Waals surface area contributed by atoms with Gasteiger partial charge in [-0.1, -0.05) is 38.8 Å². The molecule has 2 heteroatoms. The predicted molar refractivity (Wildman–Crippen MR) is 85.9 cm³/mol. The van der Waals surface area contributed by atoms with E-state index in [1.807, 2.05) is 6.08 Å². The van der Waals surface area contributed by atoms with Crippen LogP contribution < -0.4 is 0 Å². The summed E-state index contributed by atoms with van der Waals surface area (Å²) in [5, 5.41) is 20.5. The Bertz CT molecular complexity index is 439. The van der Waals surface area contributed by atoms with Gasteiger partial charge >= 0.3 is 0 Å². The summed E-state index contributed by atoms with van der Waals surface area (Å²) >= 11 is 0. The van der Waals surface area contributed by atoms with Crippen molar-refractivity contribution in [3.8, 4) is 0 Å². The molecule has 0 aliphatic heterocycles. The van der Waals surface area contributed by atoms with Crippen LogP contribution in [0.5, 0.6) is 0 Å². The molecule has 0 bridgehead atoms. The van der Waals surface area contributed by atoms with E-state index < -0.39 is 5.60 Å². The number of hydrogen-bond acceptors (Lipinski definition) is 2. The summed E-state index contributed by atoms with van der Waals surface area (Å²) in [4.78, 5) is 0. The van der Waals surface area contributed by atoms with Crippen LogP contribution in [0, 0.1) is 22.7 Å². The fraction of sp³-hybridized carbons (Fsp3) is 0.895. The van der Waals surface area contributed by atoms with Crippen molar-refractivity contribution < 1.29 is 10.2 Å². The highest BCUT2D eigenvalue weighted by Gasteiger charge is 2.59. The van der Waals surface area contributed by atoms with Gasteiger partial charge in [0.25, 0.3) is 0 Å². The Labute approximate surface area is 129 Å². The monoisotopic (exact) mass is 292 g/mol. The Kier molecular flexibility index (Phi) is 3.77. The molecule has 120 valence electrons. The molecule has 0 heterocycles. The summed E-state index contributed by atoms with van der Waals surface area (Å²) in [6.45, 7) is 7.47. The van der Waals surface area contributed by atoms with Crippen LogP contribution in [0.15, 0.2) is 11.6 Å². The van der Waals surface area contributed by atoms with Crippen molar-refractivity contribution in [1.29, 1.82) is 0 Å². The van der Waals surface area contributed by atoms with Crippen LogP contribution in [0.25, 0.3) is 0 Å². The van der Waals surface area contributed by atoms with Gasteiger partial charge in [0, 0.05) is 0 Å². The normalized spacial score (nSPS) is 47.8. The third-order valence-electron chi connectivity index (χ3n) is 7.25. The molecule has 0 spiro atoms. The maximum absolute atomic E-state index is 11.3. The molecule has 3 fully saturated rings. The molecule has 0 unspecified atom stereocenters. The van der Waals surface area contributed by atoms with Crippen LogP contribution in [0.4, 0.5) is 0 Å². The Morgan fingerprint density at radius 3 is 2.57 bits per heavy atom. The first-order chi connectivity index (χ1) is 9.82. The third-order valence-corrected chi connectivity index (χ3v) is 7.25. The lowest BCUT2D eigenvalue weighted by molar-refractivity contribution is -0.182. The molecular formula is C19H32O2. The second-order valence-corrected chi connectivity index (χ2v) is 8.86. The molecule has 0 aromatic rings. The first kappa shape index (κ1) is 15.6. The van der Waals surface area contributed by atoms with Gasteiger partial charge in [-0.15, -0.1) is 0 Å². The summed E-state index contributed by atoms with van der Waals surface area (Å²) in [6.07, 6.45) is 10.9. The van der Waals surface area contributed by atoms with E-state index in [1.54, 1.807) is 0 Å². The van der Waals surface area contributed by atoms with Gasteiger partial charge in [-0.2, -0.15) is 0 Å². The van der Waals surface area contributed by atoms with Crippen molar-refractivity contribution in [2.75, 3.05) is 6.61 Å². The molecule has 2 nitrogen and oxygen atoms in total. The fourth-order valence-corrected chi connectivity index (χ4v) is 6.41. The van der Waals surface area contributed by atoms with E-state index in [2.05, 4.69) is 20.8 Å². The van der Waals surface area contributed by atoms with Crippen LogP contribution in [0.3, 0.4) is 0 Å². The van der Waals surface area contributed by atoms with Gasteiger partial charge in [0.15, 0.2) is 0 Å². The molecule has 3 aliphatic rings. The number of fused-ring (bicyclic) bond motifs is 3. The van der Waals surface area contributed by atoms with Crippen LogP contribution in [-0.2, 0) is 0 Å². The van der Waals surface area contributed by atoms with Gasteiger partial charge in [-0.25, -0.2) is 0 Å². The molecule has 3 aliphatic carbocycles. The topological polar surface area (TPSA) is 40.5 Å². The molecule has 0 radical (unpaired) electrons. The van der Waals surface area contributed by atoms with Crippen molar-refractivity contribution in [3.05, 3.63) is 11.6 Å². The van der Waals surface area contributed by atoms with E-state index in [9.17, 15) is 5.11 Å². The van der Waals surface area contributed by atoms with Crippen molar-refractivity contribution in [2.24, 2.45) is 22.7 Å². The smallest absolute Gasteiger partial charge is 0.0718 e. The molecular weight excluding hydrogens is 260 g/mol. The summed E-state index contributed by atoms with van der Waals surface area (Å²) in [6, 6.07) is 0. The average molecular weight is 292 g/mol. The van der Waals surface area contributed by atoms with Crippen molar-refractivity contribution in [3.63, 3.8) is 0 Å². The molecule has 3 saturated carbocycles. The third kappa shape index (κ3) is 2.39. The summed E-state index contributed by atoms with van der Waals surface area (Å²) < 4.78 is 0. The Morgan fingerprint density at radius 2 is 1.86 bits per heavy atom. The predicted octanol–water partition coefficient (Wildman–Crippen LogP) is 4.06. The average Bonchev–Trinajstić information content (AvgIpc) is 2.37. The minimum absolute atomic E-state index is 0.114. The first-order valence-corrected chi connectivity index (χ1v) is 8.83. The Balaban J connectivity index is 1.91. The van der Waals surface area contributed by atoms with Gasteiger partial charge < -0.3 is 10.2 Å². The quantitative estimate of drug-likeness (QED) is 0.715. The van der Waals surface area contributed by atoms with E-state index in [0.29, 0.717) is 16.7 Å². The lowest BCUT2D eigenvalue weighted by Crippen LogP contribution is -2.59. The van der Waals surface area contributed by atoms with Gasteiger partial charge in [0.1, 0.15) is 0 Å². The van der Waals surface area contributed by atoms with Crippen LogP contribution in [0.1, 0.15) is 72.1 Å². The highest BCUT2D eigenvalue weighted by Crippen LogP contribution is 2.65. The molecule has 0 amide bonds. The van der Waals surface area contributed by atoms with Crippen molar-refractivity contribution in [2.45, 2.75) is 77.7 Å². The number of hydrogen-bond donors (Lipinski definition) is 2. The lowest BCUT2D eigenvalue weighted by atomic mass is 9.43. The van der Waals surface area contributed by atoms with E-state index in [4.69, 9.17) is 5.11 Å². The lowest BCUT2D eigenvalue weighted by Gasteiger charge is -2.63. The van der Waals surface area contributed by atoms with E-state index >= 15 is 0 Å². The Morgan fingerprint density at radius 1 is 1.10 bits per heavy atom. The largest absolute Gasteiger partial charge is 0.392 e. The van der Waals surface area contributed by atoms with Gasteiger partial charge in [0.05, 0.1) is 12.2 Å². The van der Waals surface area contributed by atoms with E-state index in [1.165, 1.54) is 31.3 Å². The van der Waals surface area contributed by atoms with Gasteiger partial charge in [-0.05, 0) is 67.6 Å². The number of aliphatic hydroxyl groups excluding tert-OH is 1. The standard InChI is InChI=1S/C19H32O2/c1-17(2)9-4-10-18(3)15(17)7-11-19(21)13-14(8-12-20)5-6-16(18)19/h8,15-16,20-21H,4-7,9-13H2,1-3H3/b14-8-/t15-,16+,18-,19+/m0/s1. The fourth-order valence-electron chi connectivity index (χ4n) is 6.41. The summed E-state index contributed by atoms with van der Waals surface area (Å²) in [7, 11) is 0. The van der Waals surface area contributed by atoms with Crippen molar-refractivity contribution in [1.82, 2.24) is 0 Å². The zero-order valence-corrected chi connectivity index (χ0v) is 14.0. The molecule has 4 atom stereocenters. The SMILES string of the molecule is CC1(C)CCC[C@@]2(C)[C@H]1CC[C@@]1(O)C/C(=C\CO)CC[C@@H]12. The highest BCUT2D eigenvalue weighted by molar-refractivity contribution is 5.18. The second-order valence-electron chi connectivity index (χ2n) is 8.86. The van der Waals surface area contributed by atoms with Crippen molar-refractivity contribution >= 4 is 0 Å². The molecule has 2 N–H and O–H groups in total. The Hall–Kier alpha value is -0.340. The van der Waals surface area contributed by atoms with Crippen LogP contribution in [0.2, 0.25) is 0 Å². The zero-order chi connectivity index (χ0) is 15.3. The van der Waals surface area contributed by atoms with E-state index in [-0.39, 0.29) is 6.61 Å². The minimum Gasteiger partial charge on any atom is -0.392 e. The van der Waals surface area contributed by atoms with Crippen LogP contribution in [-0.4, -0.2) is 22.4 Å².